The molecule has 2 aromatic carbocycles. The number of rotatable bonds is 7. The summed E-state index contributed by atoms with van der Waals surface area (Å²) in [5, 5.41) is 3.37. The fraction of sp³-hybridized carbons (Fsp3) is 0.300. The van der Waals surface area contributed by atoms with E-state index in [4.69, 9.17) is 27.9 Å². The van der Waals surface area contributed by atoms with Crippen LogP contribution in [0.2, 0.25) is 10.0 Å². The molecular weight excluding hydrogens is 387 g/mol. The third-order valence-electron chi connectivity index (χ3n) is 4.13. The molecule has 0 aliphatic carbocycles. The van der Waals surface area contributed by atoms with Gasteiger partial charge in [0.25, 0.3) is 5.91 Å². The van der Waals surface area contributed by atoms with Gasteiger partial charge in [0, 0.05) is 18.6 Å². The number of carbonyl (C=O) groups excluding carboxylic acids is 2. The molecule has 1 N–H and O–H groups in total. The SMILES string of the molecule is CNC(=O)C(C)N(Cc1ccc(C)cc1)C(=O)COc1ccc(Cl)cc1Cl. The van der Waals surface area contributed by atoms with Gasteiger partial charge in [0.2, 0.25) is 5.91 Å². The lowest BCUT2D eigenvalue weighted by Gasteiger charge is -2.28. The molecule has 0 spiro atoms. The van der Waals surface area contributed by atoms with Gasteiger partial charge in [-0.15, -0.1) is 0 Å². The van der Waals surface area contributed by atoms with Crippen LogP contribution in [-0.4, -0.2) is 36.4 Å². The van der Waals surface area contributed by atoms with Crippen LogP contribution in [0.1, 0.15) is 18.1 Å². The Bertz CT molecular complexity index is 809. The zero-order valence-corrected chi connectivity index (χ0v) is 17.0. The third-order valence-corrected chi connectivity index (χ3v) is 4.66. The molecule has 0 saturated carbocycles. The van der Waals surface area contributed by atoms with Crippen molar-refractivity contribution in [2.24, 2.45) is 0 Å². The largest absolute Gasteiger partial charge is 0.482 e. The van der Waals surface area contributed by atoms with Gasteiger partial charge in [-0.2, -0.15) is 0 Å². The number of halogens is 2. The molecule has 7 heteroatoms. The number of aryl methyl sites for hydroxylation is 1. The summed E-state index contributed by atoms with van der Waals surface area (Å²) in [6, 6.07) is 11.9. The molecule has 0 heterocycles. The Morgan fingerprint density at radius 2 is 1.81 bits per heavy atom. The van der Waals surface area contributed by atoms with Gasteiger partial charge in [-0.05, 0) is 37.6 Å². The molecule has 1 atom stereocenters. The predicted molar refractivity (Wildman–Crippen MR) is 107 cm³/mol. The third kappa shape index (κ3) is 5.88. The van der Waals surface area contributed by atoms with Crippen LogP contribution >= 0.6 is 23.2 Å². The van der Waals surface area contributed by atoms with Crippen LogP contribution in [0.5, 0.6) is 5.75 Å². The molecule has 2 aromatic rings. The Balaban J connectivity index is 2.14. The number of hydrogen-bond acceptors (Lipinski definition) is 3. The molecule has 0 radical (unpaired) electrons. The Labute approximate surface area is 169 Å². The van der Waals surface area contributed by atoms with E-state index in [2.05, 4.69) is 5.32 Å². The Morgan fingerprint density at radius 3 is 2.41 bits per heavy atom. The minimum absolute atomic E-state index is 0.242. The zero-order valence-electron chi connectivity index (χ0n) is 15.5. The number of likely N-dealkylation sites (N-methyl/N-ethyl adjacent to an activating group) is 1. The standard InChI is InChI=1S/C20H22Cl2N2O3/c1-13-4-6-15(7-5-13)11-24(14(2)20(26)23-3)19(25)12-27-18-9-8-16(21)10-17(18)22/h4-10,14H,11-12H2,1-3H3,(H,23,26). The second-order valence-electron chi connectivity index (χ2n) is 6.16. The van der Waals surface area contributed by atoms with Crippen LogP contribution < -0.4 is 10.1 Å². The Morgan fingerprint density at radius 1 is 1.15 bits per heavy atom. The van der Waals surface area contributed by atoms with Crippen molar-refractivity contribution in [3.63, 3.8) is 0 Å². The van der Waals surface area contributed by atoms with Gasteiger partial charge in [-0.3, -0.25) is 9.59 Å². The van der Waals surface area contributed by atoms with Crippen molar-refractivity contribution in [3.8, 4) is 5.75 Å². The fourth-order valence-corrected chi connectivity index (χ4v) is 2.96. The van der Waals surface area contributed by atoms with Gasteiger partial charge in [-0.1, -0.05) is 53.0 Å². The smallest absolute Gasteiger partial charge is 0.261 e. The predicted octanol–water partition coefficient (Wildman–Crippen LogP) is 3.84. The summed E-state index contributed by atoms with van der Waals surface area (Å²) in [4.78, 5) is 26.3. The highest BCUT2D eigenvalue weighted by molar-refractivity contribution is 6.35. The first-order valence-electron chi connectivity index (χ1n) is 8.46. The summed E-state index contributed by atoms with van der Waals surface area (Å²) in [7, 11) is 1.54. The molecule has 2 rings (SSSR count). The molecule has 0 fully saturated rings. The van der Waals surface area contributed by atoms with Gasteiger partial charge in [0.15, 0.2) is 6.61 Å². The van der Waals surface area contributed by atoms with Crippen LogP contribution in [0.25, 0.3) is 0 Å². The normalized spacial score (nSPS) is 11.6. The summed E-state index contributed by atoms with van der Waals surface area (Å²) in [6.07, 6.45) is 0. The first kappa shape index (κ1) is 21.1. The lowest BCUT2D eigenvalue weighted by Crippen LogP contribution is -2.48. The summed E-state index contributed by atoms with van der Waals surface area (Å²) < 4.78 is 5.54. The lowest BCUT2D eigenvalue weighted by molar-refractivity contribution is -0.142. The average molecular weight is 409 g/mol. The molecule has 0 bridgehead atoms. The maximum Gasteiger partial charge on any atom is 0.261 e. The second kappa shape index (κ2) is 9.62. The quantitative estimate of drug-likeness (QED) is 0.756. The van der Waals surface area contributed by atoms with Gasteiger partial charge >= 0.3 is 0 Å². The summed E-state index contributed by atoms with van der Waals surface area (Å²) in [6.45, 7) is 3.73. The highest BCUT2D eigenvalue weighted by atomic mass is 35.5. The van der Waals surface area contributed by atoms with Crippen molar-refractivity contribution >= 4 is 35.0 Å². The summed E-state index contributed by atoms with van der Waals surface area (Å²) >= 11 is 11.9. The van der Waals surface area contributed by atoms with E-state index in [0.29, 0.717) is 22.3 Å². The van der Waals surface area contributed by atoms with E-state index in [1.54, 1.807) is 25.1 Å². The Kier molecular flexibility index (Phi) is 7.51. The molecule has 144 valence electrons. The summed E-state index contributed by atoms with van der Waals surface area (Å²) in [5.41, 5.74) is 2.05. The molecule has 27 heavy (non-hydrogen) atoms. The van der Waals surface area contributed by atoms with E-state index >= 15 is 0 Å². The van der Waals surface area contributed by atoms with Crippen molar-refractivity contribution < 1.29 is 14.3 Å². The summed E-state index contributed by atoms with van der Waals surface area (Å²) in [5.74, 6) is -0.213. The number of carbonyl (C=O) groups is 2. The van der Waals surface area contributed by atoms with Crippen molar-refractivity contribution in [2.45, 2.75) is 26.4 Å². The van der Waals surface area contributed by atoms with Gasteiger partial charge in [0.05, 0.1) is 5.02 Å². The number of benzene rings is 2. The lowest BCUT2D eigenvalue weighted by atomic mass is 10.1. The van der Waals surface area contributed by atoms with E-state index in [1.807, 2.05) is 31.2 Å². The molecule has 0 saturated heterocycles. The van der Waals surface area contributed by atoms with Gasteiger partial charge in [-0.25, -0.2) is 0 Å². The molecule has 0 aliphatic heterocycles. The number of amides is 2. The topological polar surface area (TPSA) is 58.6 Å². The highest BCUT2D eigenvalue weighted by Crippen LogP contribution is 2.27. The van der Waals surface area contributed by atoms with Crippen molar-refractivity contribution in [2.75, 3.05) is 13.7 Å². The maximum atomic E-state index is 12.8. The number of nitrogens with one attached hydrogen (secondary N) is 1. The zero-order chi connectivity index (χ0) is 20.0. The van der Waals surface area contributed by atoms with Crippen LogP contribution in [0.15, 0.2) is 42.5 Å². The van der Waals surface area contributed by atoms with Crippen molar-refractivity contribution in [1.29, 1.82) is 0 Å². The molecule has 2 amide bonds. The van der Waals surface area contributed by atoms with Crippen LogP contribution in [0.4, 0.5) is 0 Å². The maximum absolute atomic E-state index is 12.8. The van der Waals surface area contributed by atoms with Gasteiger partial charge < -0.3 is 15.0 Å². The monoisotopic (exact) mass is 408 g/mol. The van der Waals surface area contributed by atoms with E-state index < -0.39 is 6.04 Å². The number of hydrogen-bond donors (Lipinski definition) is 1. The minimum Gasteiger partial charge on any atom is -0.482 e. The molecule has 5 nitrogen and oxygen atoms in total. The minimum atomic E-state index is -0.645. The van der Waals surface area contributed by atoms with Gasteiger partial charge in [0.1, 0.15) is 11.8 Å². The van der Waals surface area contributed by atoms with E-state index in [9.17, 15) is 9.59 Å². The molecule has 1 unspecified atom stereocenters. The first-order valence-corrected chi connectivity index (χ1v) is 9.22. The van der Waals surface area contributed by atoms with Crippen LogP contribution in [0.3, 0.4) is 0 Å². The van der Waals surface area contributed by atoms with E-state index in [0.717, 1.165) is 11.1 Å². The van der Waals surface area contributed by atoms with E-state index in [1.165, 1.54) is 11.9 Å². The fourth-order valence-electron chi connectivity index (χ4n) is 2.50. The average Bonchev–Trinajstić information content (AvgIpc) is 2.65. The molecular formula is C20H22Cl2N2O3. The highest BCUT2D eigenvalue weighted by Gasteiger charge is 2.26. The molecule has 0 aliphatic rings. The van der Waals surface area contributed by atoms with Crippen molar-refractivity contribution in [1.82, 2.24) is 10.2 Å². The van der Waals surface area contributed by atoms with Crippen LogP contribution in [0, 0.1) is 6.92 Å². The number of ether oxygens (including phenoxy) is 1. The Hall–Kier alpha value is -2.24. The first-order chi connectivity index (χ1) is 12.8. The van der Waals surface area contributed by atoms with Crippen LogP contribution in [-0.2, 0) is 16.1 Å². The van der Waals surface area contributed by atoms with Crippen molar-refractivity contribution in [3.05, 3.63) is 63.6 Å². The number of nitrogens with zero attached hydrogens (tertiary/aromatic N) is 1. The van der Waals surface area contributed by atoms with E-state index in [-0.39, 0.29) is 18.4 Å². The molecule has 0 aromatic heterocycles. The second-order valence-corrected chi connectivity index (χ2v) is 7.00.